The summed E-state index contributed by atoms with van der Waals surface area (Å²) >= 11 is 0. The summed E-state index contributed by atoms with van der Waals surface area (Å²) in [5.41, 5.74) is -1.27. The summed E-state index contributed by atoms with van der Waals surface area (Å²) in [6, 6.07) is 3.07. The van der Waals surface area contributed by atoms with E-state index in [1.807, 2.05) is 26.0 Å². The van der Waals surface area contributed by atoms with E-state index >= 15 is 0 Å². The lowest BCUT2D eigenvalue weighted by molar-refractivity contribution is -0.141. The van der Waals surface area contributed by atoms with Gasteiger partial charge in [0.25, 0.3) is 0 Å². The normalized spacial score (nSPS) is 13.2. The molecule has 0 rings (SSSR count). The third-order valence-electron chi connectivity index (χ3n) is 1.60. The maximum atomic E-state index is 11.0. The lowest BCUT2D eigenvalue weighted by Crippen LogP contribution is -2.24. The predicted molar refractivity (Wildman–Crippen MR) is 77.9 cm³/mol. The number of ether oxygens (including phenoxy) is 1. The first-order chi connectivity index (χ1) is 9.38. The molecule has 6 nitrogen and oxygen atoms in total. The molecule has 2 unspecified atom stereocenters. The zero-order valence-electron chi connectivity index (χ0n) is 13.6. The van der Waals surface area contributed by atoms with Gasteiger partial charge in [0.15, 0.2) is 11.6 Å². The first-order valence-corrected chi connectivity index (χ1v) is 6.68. The molecule has 0 aliphatic heterocycles. The van der Waals surface area contributed by atoms with Crippen LogP contribution in [0.2, 0.25) is 0 Å². The molecule has 0 aliphatic rings. The van der Waals surface area contributed by atoms with E-state index in [0.717, 1.165) is 0 Å². The second kappa shape index (κ2) is 15.1. The second-order valence-electron chi connectivity index (χ2n) is 3.87. The molecule has 0 fully saturated rings. The fraction of sp³-hybridized carbons (Fsp3) is 0.786. The van der Waals surface area contributed by atoms with Crippen LogP contribution in [0.25, 0.3) is 0 Å². The van der Waals surface area contributed by atoms with E-state index in [4.69, 9.17) is 10.5 Å². The van der Waals surface area contributed by atoms with Crippen LogP contribution in [-0.2, 0) is 9.53 Å². The number of nitrogens with zero attached hydrogens (tertiary/aromatic N) is 4. The third kappa shape index (κ3) is 14.1. The van der Waals surface area contributed by atoms with Crippen LogP contribution in [0, 0.1) is 22.7 Å². The summed E-state index contributed by atoms with van der Waals surface area (Å²) in [4.78, 5) is 11.0. The molecule has 0 radical (unpaired) electrons. The number of methoxy groups -OCH3 is 1. The molecule has 114 valence electrons. The summed E-state index contributed by atoms with van der Waals surface area (Å²) in [7, 11) is 1.23. The highest BCUT2D eigenvalue weighted by atomic mass is 16.5. The highest BCUT2D eigenvalue weighted by Gasteiger charge is 2.28. The van der Waals surface area contributed by atoms with Crippen molar-refractivity contribution in [2.45, 2.75) is 66.0 Å². The molecule has 0 aromatic rings. The van der Waals surface area contributed by atoms with Crippen LogP contribution in [0.1, 0.15) is 54.4 Å². The lowest BCUT2D eigenvalue weighted by Gasteiger charge is -2.12. The van der Waals surface area contributed by atoms with E-state index in [-0.39, 0.29) is 6.42 Å². The van der Waals surface area contributed by atoms with Crippen molar-refractivity contribution in [1.82, 2.24) is 0 Å². The number of esters is 1. The van der Waals surface area contributed by atoms with Crippen LogP contribution in [0.4, 0.5) is 0 Å². The molecule has 0 saturated heterocycles. The minimum atomic E-state index is -1.27. The van der Waals surface area contributed by atoms with E-state index < -0.39 is 17.6 Å². The number of carbonyl (C=O) groups is 1. The van der Waals surface area contributed by atoms with Crippen LogP contribution < -0.4 is 0 Å². The van der Waals surface area contributed by atoms with Crippen LogP contribution in [-0.4, -0.2) is 24.7 Å². The minimum Gasteiger partial charge on any atom is -0.469 e. The average molecular weight is 282 g/mol. The smallest absolute Gasteiger partial charge is 0.309 e. The van der Waals surface area contributed by atoms with Crippen molar-refractivity contribution in [2.75, 3.05) is 7.11 Å². The van der Waals surface area contributed by atoms with Crippen LogP contribution in [0.3, 0.4) is 0 Å². The maximum absolute atomic E-state index is 11.0. The summed E-state index contributed by atoms with van der Waals surface area (Å²) in [6.45, 7) is 11.2. The van der Waals surface area contributed by atoms with E-state index in [2.05, 4.69) is 28.8 Å². The van der Waals surface area contributed by atoms with Crippen molar-refractivity contribution >= 4 is 5.97 Å². The van der Waals surface area contributed by atoms with Crippen molar-refractivity contribution in [2.24, 2.45) is 10.2 Å². The Labute approximate surface area is 122 Å². The van der Waals surface area contributed by atoms with Crippen molar-refractivity contribution < 1.29 is 9.53 Å². The Balaban J connectivity index is -0.000000505. The number of hydrogen-bond donors (Lipinski definition) is 0. The van der Waals surface area contributed by atoms with Gasteiger partial charge < -0.3 is 4.74 Å². The number of nitriles is 2. The highest BCUT2D eigenvalue weighted by Crippen LogP contribution is 2.16. The van der Waals surface area contributed by atoms with Gasteiger partial charge in [-0.2, -0.15) is 20.8 Å². The molecule has 2 atom stereocenters. The van der Waals surface area contributed by atoms with Crippen LogP contribution in [0.5, 0.6) is 0 Å². The number of rotatable bonds is 4. The quantitative estimate of drug-likeness (QED) is 0.580. The molecule has 0 aromatic heterocycles. The van der Waals surface area contributed by atoms with E-state index in [9.17, 15) is 4.79 Å². The van der Waals surface area contributed by atoms with Gasteiger partial charge in [-0.1, -0.05) is 34.1 Å². The monoisotopic (exact) mass is 282 g/mol. The molecule has 0 N–H and O–H groups in total. The van der Waals surface area contributed by atoms with Crippen LogP contribution in [0.15, 0.2) is 10.2 Å². The Kier molecular flexibility index (Phi) is 17.5. The molecule has 0 aromatic carbocycles. The Morgan fingerprint density at radius 1 is 1.35 bits per heavy atom. The Morgan fingerprint density at radius 2 is 1.80 bits per heavy atom. The average Bonchev–Trinajstić information content (AvgIpc) is 2.47. The summed E-state index contributed by atoms with van der Waals surface area (Å²) in [5.74, 6) is -0.539. The SMILES string of the molecule is CC.CCC.COC(=O)CC(C)(C#N)N=NC(C)C#N. The second-order valence-corrected chi connectivity index (χ2v) is 3.87. The summed E-state index contributed by atoms with van der Waals surface area (Å²) in [5, 5.41) is 24.6. The zero-order chi connectivity index (χ0) is 16.6. The Bertz CT molecular complexity index is 355. The molecule has 0 heterocycles. The first-order valence-electron chi connectivity index (χ1n) is 6.68. The number of carbonyl (C=O) groups excluding carboxylic acids is 1. The Hall–Kier alpha value is -1.95. The number of hydrogen-bond acceptors (Lipinski definition) is 6. The summed E-state index contributed by atoms with van der Waals surface area (Å²) < 4.78 is 4.42. The fourth-order valence-corrected chi connectivity index (χ4v) is 0.690. The van der Waals surface area contributed by atoms with Crippen molar-refractivity contribution in [3.8, 4) is 12.1 Å². The van der Waals surface area contributed by atoms with Gasteiger partial charge in [-0.05, 0) is 13.8 Å². The molecule has 0 amide bonds. The molecule has 0 saturated carbocycles. The standard InChI is InChI=1S/C9H12N4O2.C3H8.C2H6/c1-7(5-10)12-13-9(2,6-11)4-8(14)15-3;1-3-2;1-2/h7H,4H2,1-3H3;3H2,1-2H3;1-2H3. The molecule has 0 aliphatic carbocycles. The molecular weight excluding hydrogens is 256 g/mol. The molecule has 0 spiro atoms. The summed E-state index contributed by atoms with van der Waals surface area (Å²) in [6.07, 6.45) is 1.07. The highest BCUT2D eigenvalue weighted by molar-refractivity contribution is 5.71. The van der Waals surface area contributed by atoms with Gasteiger partial charge in [-0.3, -0.25) is 4.79 Å². The van der Waals surface area contributed by atoms with E-state index in [1.165, 1.54) is 20.5 Å². The molecular formula is C14H26N4O2. The first kappa shape index (κ1) is 23.2. The molecule has 20 heavy (non-hydrogen) atoms. The maximum Gasteiger partial charge on any atom is 0.309 e. The Morgan fingerprint density at radius 3 is 2.10 bits per heavy atom. The minimum absolute atomic E-state index is 0.179. The molecule has 0 bridgehead atoms. The predicted octanol–water partition coefficient (Wildman–Crippen LogP) is 3.64. The van der Waals surface area contributed by atoms with E-state index in [1.54, 1.807) is 6.92 Å². The van der Waals surface area contributed by atoms with Gasteiger partial charge in [0.05, 0.1) is 25.7 Å². The van der Waals surface area contributed by atoms with Crippen molar-refractivity contribution in [3.63, 3.8) is 0 Å². The zero-order valence-corrected chi connectivity index (χ0v) is 13.6. The van der Waals surface area contributed by atoms with Gasteiger partial charge in [-0.15, -0.1) is 0 Å². The third-order valence-corrected chi connectivity index (χ3v) is 1.60. The van der Waals surface area contributed by atoms with Crippen molar-refractivity contribution in [3.05, 3.63) is 0 Å². The van der Waals surface area contributed by atoms with Gasteiger partial charge >= 0.3 is 5.97 Å². The topological polar surface area (TPSA) is 98.6 Å². The lowest BCUT2D eigenvalue weighted by atomic mass is 10.0. The van der Waals surface area contributed by atoms with Gasteiger partial charge in [0.2, 0.25) is 0 Å². The van der Waals surface area contributed by atoms with Gasteiger partial charge in [0, 0.05) is 0 Å². The number of azo groups is 1. The van der Waals surface area contributed by atoms with Crippen molar-refractivity contribution in [1.29, 1.82) is 10.5 Å². The largest absolute Gasteiger partial charge is 0.469 e. The van der Waals surface area contributed by atoms with Gasteiger partial charge in [-0.25, -0.2) is 0 Å². The molecule has 6 heteroatoms. The van der Waals surface area contributed by atoms with Gasteiger partial charge in [0.1, 0.15) is 0 Å². The van der Waals surface area contributed by atoms with E-state index in [0.29, 0.717) is 0 Å². The van der Waals surface area contributed by atoms with Crippen LogP contribution >= 0.6 is 0 Å². The fourth-order valence-electron chi connectivity index (χ4n) is 0.690.